The predicted octanol–water partition coefficient (Wildman–Crippen LogP) is 3.05. The van der Waals surface area contributed by atoms with E-state index in [1.54, 1.807) is 25.1 Å². The van der Waals surface area contributed by atoms with Crippen LogP contribution in [0.15, 0.2) is 54.2 Å². The summed E-state index contributed by atoms with van der Waals surface area (Å²) in [6.07, 6.45) is 10.0. The average Bonchev–Trinajstić information content (AvgIpc) is 3.24. The van der Waals surface area contributed by atoms with Crippen LogP contribution in [0.3, 0.4) is 0 Å². The van der Waals surface area contributed by atoms with Crippen molar-refractivity contribution in [1.29, 1.82) is 0 Å². The average molecular weight is 430 g/mol. The third-order valence-corrected chi connectivity index (χ3v) is 5.33. The van der Waals surface area contributed by atoms with Crippen LogP contribution in [0, 0.1) is 23.0 Å². The van der Waals surface area contributed by atoms with Crippen LogP contribution in [-0.2, 0) is 23.1 Å². The molecule has 1 aliphatic heterocycles. The van der Waals surface area contributed by atoms with Gasteiger partial charge in [0.1, 0.15) is 0 Å². The minimum Gasteiger partial charge on any atom is -0.377 e. The third-order valence-electron chi connectivity index (χ3n) is 5.33. The molecule has 0 bridgehead atoms. The molecule has 0 spiro atoms. The summed E-state index contributed by atoms with van der Waals surface area (Å²) in [6, 6.07) is 12.2. The molecule has 1 aliphatic rings. The van der Waals surface area contributed by atoms with E-state index >= 15 is 0 Å². The first kappa shape index (κ1) is 22.3. The number of aryl methyl sites for hydroxylation is 1. The summed E-state index contributed by atoms with van der Waals surface area (Å²) in [4.78, 5) is 37.8. The first-order chi connectivity index (χ1) is 15.3. The lowest BCUT2D eigenvalue weighted by molar-refractivity contribution is -0.384. The molecule has 162 valence electrons. The molecule has 0 unspecified atom stereocenters. The number of benzene rings is 2. The van der Waals surface area contributed by atoms with E-state index in [-0.39, 0.29) is 12.1 Å². The number of para-hydroxylation sites is 1. The second-order valence-corrected chi connectivity index (χ2v) is 7.45. The Morgan fingerprint density at radius 1 is 1.09 bits per heavy atom. The molecule has 1 aromatic heterocycles. The molecule has 8 heteroatoms. The minimum absolute atomic E-state index is 0.0299. The lowest BCUT2D eigenvalue weighted by Gasteiger charge is -2.17. The van der Waals surface area contributed by atoms with Gasteiger partial charge in [-0.15, -0.1) is 12.8 Å². The van der Waals surface area contributed by atoms with Crippen LogP contribution in [0.4, 0.5) is 11.4 Å². The smallest absolute Gasteiger partial charge is 0.271 e. The van der Waals surface area contributed by atoms with Crippen molar-refractivity contribution in [3.8, 4) is 12.8 Å². The molecule has 0 aliphatic carbocycles. The van der Waals surface area contributed by atoms with Gasteiger partial charge in [0.25, 0.3) is 17.5 Å². The van der Waals surface area contributed by atoms with E-state index < -0.39 is 16.7 Å². The van der Waals surface area contributed by atoms with Crippen LogP contribution in [-0.4, -0.2) is 35.4 Å². The Morgan fingerprint density at radius 2 is 1.78 bits per heavy atom. The highest BCUT2D eigenvalue weighted by Gasteiger charge is 2.33. The Bertz CT molecular complexity index is 1300. The second-order valence-electron chi connectivity index (χ2n) is 7.45. The standard InChI is InChI=1S/C22H20N4O4.C2H2/c1-24(2)19-11-14(26(29)30)9-8-13(19)10-16-20(22(28)23-21(16)27)17-12-25(3)18-7-5-4-6-15(17)18;1-2/h4-9,11-12H,10H2,1-3H3,(H,23,27,28);1-2H. The van der Waals surface area contributed by atoms with Crippen molar-refractivity contribution in [3.63, 3.8) is 0 Å². The molecular weight excluding hydrogens is 408 g/mol. The van der Waals surface area contributed by atoms with Crippen LogP contribution < -0.4 is 10.2 Å². The number of hydrogen-bond acceptors (Lipinski definition) is 5. The number of amides is 2. The van der Waals surface area contributed by atoms with Crippen molar-refractivity contribution >= 4 is 39.7 Å². The zero-order chi connectivity index (χ0) is 23.6. The Labute approximate surface area is 185 Å². The maximum atomic E-state index is 12.7. The molecule has 0 saturated heterocycles. The molecule has 0 atom stereocenters. The number of nitrogens with one attached hydrogen (secondary N) is 1. The van der Waals surface area contributed by atoms with Gasteiger partial charge in [0.2, 0.25) is 0 Å². The number of imide groups is 1. The van der Waals surface area contributed by atoms with Crippen LogP contribution in [0.5, 0.6) is 0 Å². The number of anilines is 1. The molecule has 4 rings (SSSR count). The quantitative estimate of drug-likeness (QED) is 0.290. The SMILES string of the molecule is C#C.CN(C)c1cc([N+](=O)[O-])ccc1CC1=C(c2cn(C)c3ccccc23)C(=O)NC1=O. The number of nitrogens with zero attached hydrogens (tertiary/aromatic N) is 3. The fourth-order valence-corrected chi connectivity index (χ4v) is 3.91. The lowest BCUT2D eigenvalue weighted by Crippen LogP contribution is -2.23. The summed E-state index contributed by atoms with van der Waals surface area (Å²) < 4.78 is 1.92. The van der Waals surface area contributed by atoms with Gasteiger partial charge in [0.05, 0.1) is 10.5 Å². The van der Waals surface area contributed by atoms with Crippen molar-refractivity contribution in [3.05, 3.63) is 75.5 Å². The van der Waals surface area contributed by atoms with Gasteiger partial charge in [-0.3, -0.25) is 25.0 Å². The van der Waals surface area contributed by atoms with Crippen molar-refractivity contribution < 1.29 is 14.5 Å². The van der Waals surface area contributed by atoms with E-state index in [0.29, 0.717) is 22.4 Å². The molecule has 1 N–H and O–H groups in total. The number of carbonyl (C=O) groups excluding carboxylic acids is 2. The zero-order valence-electron chi connectivity index (χ0n) is 18.0. The Hall–Kier alpha value is -4.38. The Morgan fingerprint density at radius 3 is 2.44 bits per heavy atom. The van der Waals surface area contributed by atoms with Crippen LogP contribution in [0.25, 0.3) is 16.5 Å². The zero-order valence-corrected chi connectivity index (χ0v) is 18.0. The van der Waals surface area contributed by atoms with Gasteiger partial charge in [-0.25, -0.2) is 0 Å². The number of nitro groups is 1. The molecule has 2 heterocycles. The summed E-state index contributed by atoms with van der Waals surface area (Å²) in [5.74, 6) is -0.870. The number of rotatable bonds is 5. The van der Waals surface area contributed by atoms with E-state index in [9.17, 15) is 19.7 Å². The summed E-state index contributed by atoms with van der Waals surface area (Å²) >= 11 is 0. The maximum absolute atomic E-state index is 12.7. The van der Waals surface area contributed by atoms with Crippen LogP contribution >= 0.6 is 0 Å². The van der Waals surface area contributed by atoms with Crippen LogP contribution in [0.2, 0.25) is 0 Å². The highest BCUT2D eigenvalue weighted by Crippen LogP contribution is 2.35. The molecule has 8 nitrogen and oxygen atoms in total. The van der Waals surface area contributed by atoms with Gasteiger partial charge in [-0.05, 0) is 17.7 Å². The number of carbonyl (C=O) groups is 2. The number of hydrogen-bond donors (Lipinski definition) is 1. The number of nitro benzene ring substituents is 1. The number of terminal acetylenes is 1. The molecule has 2 aromatic carbocycles. The maximum Gasteiger partial charge on any atom is 0.271 e. The lowest BCUT2D eigenvalue weighted by atomic mass is 9.95. The van der Waals surface area contributed by atoms with Crippen molar-refractivity contribution in [1.82, 2.24) is 9.88 Å². The van der Waals surface area contributed by atoms with Crippen molar-refractivity contribution in [2.45, 2.75) is 6.42 Å². The van der Waals surface area contributed by atoms with Crippen molar-refractivity contribution in [2.24, 2.45) is 7.05 Å². The topological polar surface area (TPSA) is 97.5 Å². The Balaban J connectivity index is 0.00000141. The summed E-state index contributed by atoms with van der Waals surface area (Å²) in [7, 11) is 5.45. The summed E-state index contributed by atoms with van der Waals surface area (Å²) in [6.45, 7) is 0. The number of aromatic nitrogens is 1. The van der Waals surface area contributed by atoms with E-state index in [1.807, 2.05) is 42.1 Å². The fraction of sp³-hybridized carbons (Fsp3) is 0.167. The van der Waals surface area contributed by atoms with Crippen LogP contribution in [0.1, 0.15) is 11.1 Å². The van der Waals surface area contributed by atoms with Gasteiger partial charge in [-0.1, -0.05) is 18.2 Å². The minimum atomic E-state index is -0.455. The number of fused-ring (bicyclic) bond motifs is 1. The van der Waals surface area contributed by atoms with E-state index in [0.717, 1.165) is 16.5 Å². The van der Waals surface area contributed by atoms with E-state index in [2.05, 4.69) is 18.2 Å². The van der Waals surface area contributed by atoms with Crippen molar-refractivity contribution in [2.75, 3.05) is 19.0 Å². The van der Waals surface area contributed by atoms with Gasteiger partial charge >= 0.3 is 0 Å². The second kappa shape index (κ2) is 8.78. The van der Waals surface area contributed by atoms with Gasteiger partial charge in [-0.2, -0.15) is 0 Å². The highest BCUT2D eigenvalue weighted by atomic mass is 16.6. The molecule has 0 fully saturated rings. The molecule has 32 heavy (non-hydrogen) atoms. The summed E-state index contributed by atoms with van der Waals surface area (Å²) in [5, 5.41) is 14.4. The fourth-order valence-electron chi connectivity index (χ4n) is 3.91. The first-order valence-electron chi connectivity index (χ1n) is 9.69. The van der Waals surface area contributed by atoms with Gasteiger partial charge < -0.3 is 9.47 Å². The molecule has 3 aromatic rings. The molecule has 2 amide bonds. The normalized spacial score (nSPS) is 13.0. The summed E-state index contributed by atoms with van der Waals surface area (Å²) in [5.41, 5.74) is 3.67. The molecule has 0 saturated carbocycles. The molecule has 0 radical (unpaired) electrons. The first-order valence-corrected chi connectivity index (χ1v) is 9.69. The predicted molar refractivity (Wildman–Crippen MR) is 124 cm³/mol. The third kappa shape index (κ3) is 3.84. The Kier molecular flexibility index (Phi) is 6.12. The monoisotopic (exact) mass is 430 g/mol. The van der Waals surface area contributed by atoms with E-state index in [4.69, 9.17) is 0 Å². The largest absolute Gasteiger partial charge is 0.377 e. The van der Waals surface area contributed by atoms with E-state index in [1.165, 1.54) is 12.1 Å². The number of non-ortho nitro benzene ring substituents is 1. The van der Waals surface area contributed by atoms with Gasteiger partial charge in [0, 0.05) is 73.6 Å². The van der Waals surface area contributed by atoms with Gasteiger partial charge in [0.15, 0.2) is 0 Å². The molecular formula is C24H22N4O4. The highest BCUT2D eigenvalue weighted by molar-refractivity contribution is 6.37.